The van der Waals surface area contributed by atoms with Crippen LogP contribution in [0, 0.1) is 0 Å². The molecule has 1 unspecified atom stereocenters. The molecule has 4 nitrogen and oxygen atoms in total. The molecule has 0 saturated heterocycles. The number of nitrogens with zero attached hydrogens (tertiary/aromatic N) is 1. The summed E-state index contributed by atoms with van der Waals surface area (Å²) in [6.45, 7) is 7.21. The first kappa shape index (κ1) is 15.4. The second-order valence-corrected chi connectivity index (χ2v) is 5.04. The smallest absolute Gasteiger partial charge is 0.322 e. The van der Waals surface area contributed by atoms with E-state index < -0.39 is 0 Å². The quantitative estimate of drug-likeness (QED) is 0.605. The lowest BCUT2D eigenvalue weighted by Crippen LogP contribution is -2.41. The third-order valence-electron chi connectivity index (χ3n) is 3.50. The number of hydrogen-bond acceptors (Lipinski definition) is 4. The van der Waals surface area contributed by atoms with Gasteiger partial charge in [0.25, 0.3) is 0 Å². The highest BCUT2D eigenvalue weighted by Crippen LogP contribution is 2.27. The number of carbonyl (C=O) groups is 1. The second-order valence-electron chi connectivity index (χ2n) is 5.04. The Hall–Kier alpha value is -0.610. The van der Waals surface area contributed by atoms with Gasteiger partial charge in [-0.15, -0.1) is 0 Å². The zero-order chi connectivity index (χ0) is 13.4. The Labute approximate surface area is 111 Å². The van der Waals surface area contributed by atoms with Gasteiger partial charge in [-0.25, -0.2) is 0 Å². The first-order valence-electron chi connectivity index (χ1n) is 7.28. The molecule has 106 valence electrons. The summed E-state index contributed by atoms with van der Waals surface area (Å²) in [6, 6.07) is 0.624. The Morgan fingerprint density at radius 1 is 1.39 bits per heavy atom. The van der Waals surface area contributed by atoms with Crippen molar-refractivity contribution in [2.24, 2.45) is 0 Å². The van der Waals surface area contributed by atoms with Gasteiger partial charge >= 0.3 is 5.97 Å². The Balaban J connectivity index is 2.35. The van der Waals surface area contributed by atoms with E-state index in [9.17, 15) is 4.79 Å². The van der Waals surface area contributed by atoms with Crippen molar-refractivity contribution in [1.29, 1.82) is 0 Å². The summed E-state index contributed by atoms with van der Waals surface area (Å²) in [4.78, 5) is 14.1. The van der Waals surface area contributed by atoms with Gasteiger partial charge in [-0.2, -0.15) is 0 Å². The van der Waals surface area contributed by atoms with Crippen LogP contribution in [0.1, 0.15) is 46.0 Å². The van der Waals surface area contributed by atoms with Crippen LogP contribution < -0.4 is 5.32 Å². The van der Waals surface area contributed by atoms with E-state index in [1.54, 1.807) is 0 Å². The normalized spacial score (nSPS) is 16.9. The number of ether oxygens (including phenoxy) is 1. The summed E-state index contributed by atoms with van der Waals surface area (Å²) < 4.78 is 4.83. The number of nitrogens with one attached hydrogen (secondary N) is 1. The minimum Gasteiger partial charge on any atom is -0.468 e. The first-order valence-corrected chi connectivity index (χ1v) is 7.28. The van der Waals surface area contributed by atoms with Gasteiger partial charge in [0.2, 0.25) is 0 Å². The molecule has 1 rings (SSSR count). The van der Waals surface area contributed by atoms with Crippen molar-refractivity contribution in [3.05, 3.63) is 0 Å². The Morgan fingerprint density at radius 2 is 2.11 bits per heavy atom. The molecule has 0 amide bonds. The van der Waals surface area contributed by atoms with E-state index in [2.05, 4.69) is 17.1 Å². The topological polar surface area (TPSA) is 41.6 Å². The van der Waals surface area contributed by atoms with Crippen LogP contribution in [-0.4, -0.2) is 49.7 Å². The highest BCUT2D eigenvalue weighted by Gasteiger charge is 2.29. The van der Waals surface area contributed by atoms with Crippen LogP contribution in [0.2, 0.25) is 0 Å². The fourth-order valence-electron chi connectivity index (χ4n) is 2.26. The van der Waals surface area contributed by atoms with Gasteiger partial charge in [-0.1, -0.05) is 20.3 Å². The molecular formula is C14H28N2O2. The molecule has 1 saturated carbocycles. The van der Waals surface area contributed by atoms with Crippen molar-refractivity contribution in [1.82, 2.24) is 10.2 Å². The lowest BCUT2D eigenvalue weighted by Gasteiger charge is -2.24. The Bertz CT molecular complexity index is 242. The molecule has 1 fully saturated rings. The molecule has 0 heterocycles. The van der Waals surface area contributed by atoms with E-state index >= 15 is 0 Å². The van der Waals surface area contributed by atoms with Gasteiger partial charge in [-0.3, -0.25) is 4.79 Å². The zero-order valence-electron chi connectivity index (χ0n) is 12.1. The molecule has 0 aliphatic heterocycles. The van der Waals surface area contributed by atoms with E-state index in [0.29, 0.717) is 0 Å². The summed E-state index contributed by atoms with van der Waals surface area (Å²) in [5, 5.41) is 3.20. The molecule has 0 aromatic rings. The lowest BCUT2D eigenvalue weighted by molar-refractivity contribution is -0.143. The van der Waals surface area contributed by atoms with Crippen LogP contribution >= 0.6 is 0 Å². The van der Waals surface area contributed by atoms with E-state index in [-0.39, 0.29) is 12.0 Å². The van der Waals surface area contributed by atoms with Gasteiger partial charge in [-0.05, 0) is 38.8 Å². The van der Waals surface area contributed by atoms with Crippen molar-refractivity contribution in [2.45, 2.75) is 58.0 Å². The van der Waals surface area contributed by atoms with E-state index in [0.717, 1.165) is 25.6 Å². The van der Waals surface area contributed by atoms with E-state index in [1.807, 2.05) is 6.92 Å². The van der Waals surface area contributed by atoms with E-state index in [1.165, 1.54) is 39.3 Å². The highest BCUT2D eigenvalue weighted by molar-refractivity contribution is 5.75. The molecule has 18 heavy (non-hydrogen) atoms. The molecule has 0 spiro atoms. The number of methoxy groups -OCH3 is 1. The number of unbranched alkanes of at least 4 members (excludes halogenated alkanes) is 1. The average Bonchev–Trinajstić information content (AvgIpc) is 3.21. The fourth-order valence-corrected chi connectivity index (χ4v) is 2.26. The van der Waals surface area contributed by atoms with E-state index in [4.69, 9.17) is 4.74 Å². The molecule has 0 radical (unpaired) electrons. The molecule has 0 aromatic carbocycles. The van der Waals surface area contributed by atoms with Gasteiger partial charge < -0.3 is 15.0 Å². The van der Waals surface area contributed by atoms with Crippen molar-refractivity contribution in [3.8, 4) is 0 Å². The highest BCUT2D eigenvalue weighted by atomic mass is 16.5. The van der Waals surface area contributed by atoms with Crippen molar-refractivity contribution < 1.29 is 9.53 Å². The van der Waals surface area contributed by atoms with Crippen LogP contribution in [-0.2, 0) is 9.53 Å². The summed E-state index contributed by atoms with van der Waals surface area (Å²) in [5.74, 6) is -0.136. The predicted octanol–water partition coefficient (Wildman–Crippen LogP) is 1.79. The summed E-state index contributed by atoms with van der Waals surface area (Å²) in [7, 11) is 1.46. The molecule has 0 bridgehead atoms. The maximum absolute atomic E-state index is 11.6. The molecular weight excluding hydrogens is 228 g/mol. The van der Waals surface area contributed by atoms with Crippen LogP contribution in [0.3, 0.4) is 0 Å². The SMILES string of the molecule is CCCCN(CCC(NCC)C(=O)OC)C1CC1. The fraction of sp³-hybridized carbons (Fsp3) is 0.929. The standard InChI is InChI=1S/C14H28N2O2/c1-4-6-10-16(12-7-8-12)11-9-13(15-5-2)14(17)18-3/h12-13,15H,4-11H2,1-3H3. The number of likely N-dealkylation sites (N-methyl/N-ethyl adjacent to an activating group) is 1. The van der Waals surface area contributed by atoms with Gasteiger partial charge in [0.15, 0.2) is 0 Å². The van der Waals surface area contributed by atoms with Crippen molar-refractivity contribution >= 4 is 5.97 Å². The zero-order valence-corrected chi connectivity index (χ0v) is 12.1. The Morgan fingerprint density at radius 3 is 2.61 bits per heavy atom. The minimum absolute atomic E-state index is 0.136. The largest absolute Gasteiger partial charge is 0.468 e. The molecule has 1 atom stereocenters. The number of hydrogen-bond donors (Lipinski definition) is 1. The molecule has 4 heteroatoms. The molecule has 0 aromatic heterocycles. The van der Waals surface area contributed by atoms with Crippen molar-refractivity contribution in [3.63, 3.8) is 0 Å². The number of esters is 1. The number of rotatable bonds is 10. The van der Waals surface area contributed by atoms with Gasteiger partial charge in [0.1, 0.15) is 6.04 Å². The number of carbonyl (C=O) groups excluding carboxylic acids is 1. The molecule has 1 N–H and O–H groups in total. The third-order valence-corrected chi connectivity index (χ3v) is 3.50. The summed E-state index contributed by atoms with van der Waals surface area (Å²) >= 11 is 0. The molecule has 1 aliphatic rings. The van der Waals surface area contributed by atoms with Crippen LogP contribution in [0.15, 0.2) is 0 Å². The minimum atomic E-state index is -0.150. The summed E-state index contributed by atoms with van der Waals surface area (Å²) in [6.07, 6.45) is 5.99. The maximum atomic E-state index is 11.6. The third kappa shape index (κ3) is 5.36. The average molecular weight is 256 g/mol. The first-order chi connectivity index (χ1) is 8.72. The Kier molecular flexibility index (Phi) is 7.28. The van der Waals surface area contributed by atoms with Crippen molar-refractivity contribution in [2.75, 3.05) is 26.7 Å². The van der Waals surface area contributed by atoms with Crippen LogP contribution in [0.4, 0.5) is 0 Å². The van der Waals surface area contributed by atoms with Gasteiger partial charge in [0.05, 0.1) is 7.11 Å². The molecule has 1 aliphatic carbocycles. The van der Waals surface area contributed by atoms with Crippen LogP contribution in [0.5, 0.6) is 0 Å². The summed E-state index contributed by atoms with van der Waals surface area (Å²) in [5.41, 5.74) is 0. The monoisotopic (exact) mass is 256 g/mol. The maximum Gasteiger partial charge on any atom is 0.322 e. The predicted molar refractivity (Wildman–Crippen MR) is 73.6 cm³/mol. The van der Waals surface area contributed by atoms with Gasteiger partial charge in [0, 0.05) is 12.6 Å². The lowest BCUT2D eigenvalue weighted by atomic mass is 10.2. The second kappa shape index (κ2) is 8.48. The van der Waals surface area contributed by atoms with Crippen LogP contribution in [0.25, 0.3) is 0 Å².